The van der Waals surface area contributed by atoms with Crippen molar-refractivity contribution in [3.8, 4) is 45.0 Å². The fourth-order valence-electron chi connectivity index (χ4n) is 5.88. The number of aromatic nitrogens is 3. The molecule has 0 aliphatic rings. The largest absolute Gasteiger partial charge is 0.265 e. The van der Waals surface area contributed by atoms with Crippen molar-refractivity contribution in [2.75, 3.05) is 0 Å². The van der Waals surface area contributed by atoms with Crippen LogP contribution in [-0.2, 0) is 0 Å². The Morgan fingerprint density at radius 2 is 1.05 bits per heavy atom. The number of hydrogen-bond donors (Lipinski definition) is 0. The molecule has 0 spiro atoms. The summed E-state index contributed by atoms with van der Waals surface area (Å²) in [5.41, 5.74) is 7.17. The highest BCUT2D eigenvalue weighted by Crippen LogP contribution is 2.40. The summed E-state index contributed by atoms with van der Waals surface area (Å²) in [7, 11) is 0. The van der Waals surface area contributed by atoms with Crippen molar-refractivity contribution < 1.29 is 0 Å². The van der Waals surface area contributed by atoms with Crippen LogP contribution in [0.15, 0.2) is 140 Å². The maximum absolute atomic E-state index is 5.24. The van der Waals surface area contributed by atoms with Crippen molar-refractivity contribution in [2.24, 2.45) is 0 Å². The Labute approximate surface area is 231 Å². The summed E-state index contributed by atoms with van der Waals surface area (Å²) in [4.78, 5) is 14.6. The first-order valence-corrected chi connectivity index (χ1v) is 13.4. The average Bonchev–Trinajstić information content (AvgIpc) is 3.04. The topological polar surface area (TPSA) is 38.7 Å². The van der Waals surface area contributed by atoms with E-state index in [1.807, 2.05) is 30.6 Å². The van der Waals surface area contributed by atoms with Crippen molar-refractivity contribution in [3.05, 3.63) is 140 Å². The second kappa shape index (κ2) is 9.11. The molecule has 0 atom stereocenters. The fourth-order valence-corrected chi connectivity index (χ4v) is 5.88. The van der Waals surface area contributed by atoms with Crippen LogP contribution in [0.4, 0.5) is 0 Å². The van der Waals surface area contributed by atoms with Crippen LogP contribution in [0.1, 0.15) is 0 Å². The van der Waals surface area contributed by atoms with Gasteiger partial charge in [0.15, 0.2) is 5.82 Å². The molecule has 0 bridgehead atoms. The minimum atomic E-state index is 0.721. The molecular formula is C37H23N3. The molecule has 6 aromatic carbocycles. The molecule has 40 heavy (non-hydrogen) atoms. The van der Waals surface area contributed by atoms with E-state index >= 15 is 0 Å². The zero-order chi connectivity index (χ0) is 26.5. The SMILES string of the molecule is c1ccc(-c2cc(-c3ccccc3-c3ccncc3)nc(-c3ccc4ccc5cccc6ccc3c4c56)n2)cc1. The standard InChI is InChI=1S/C37H23N3/c1-2-7-25(8-3-1)33-23-34(30-12-5-4-11-29(30)24-19-21-38-22-20-24)40-37(39-33)32-18-16-28-14-13-26-9-6-10-27-15-17-31(32)36(28)35(26)27/h1-23H. The molecule has 0 fully saturated rings. The summed E-state index contributed by atoms with van der Waals surface area (Å²) >= 11 is 0. The van der Waals surface area contributed by atoms with Crippen molar-refractivity contribution >= 4 is 32.3 Å². The molecule has 3 nitrogen and oxygen atoms in total. The summed E-state index contributed by atoms with van der Waals surface area (Å²) in [6.07, 6.45) is 3.66. The second-order valence-corrected chi connectivity index (χ2v) is 10.1. The van der Waals surface area contributed by atoms with Gasteiger partial charge in [0, 0.05) is 29.1 Å². The molecule has 0 amide bonds. The number of rotatable bonds is 4. The molecule has 0 saturated carbocycles. The van der Waals surface area contributed by atoms with E-state index in [1.54, 1.807) is 0 Å². The highest BCUT2D eigenvalue weighted by atomic mass is 14.9. The van der Waals surface area contributed by atoms with Gasteiger partial charge in [0.05, 0.1) is 11.4 Å². The number of pyridine rings is 1. The molecule has 2 aromatic heterocycles. The lowest BCUT2D eigenvalue weighted by molar-refractivity contribution is 1.19. The third-order valence-electron chi connectivity index (χ3n) is 7.76. The molecule has 2 heterocycles. The Balaban J connectivity index is 1.42. The van der Waals surface area contributed by atoms with E-state index in [9.17, 15) is 0 Å². The Kier molecular flexibility index (Phi) is 5.14. The molecule has 0 aliphatic carbocycles. The third-order valence-corrected chi connectivity index (χ3v) is 7.76. The quantitative estimate of drug-likeness (QED) is 0.222. The van der Waals surface area contributed by atoms with Crippen LogP contribution in [0.25, 0.3) is 77.3 Å². The summed E-state index contributed by atoms with van der Waals surface area (Å²) in [5, 5.41) is 7.45. The number of nitrogens with zero attached hydrogens (tertiary/aromatic N) is 3. The van der Waals surface area contributed by atoms with Gasteiger partial charge in [-0.05, 0) is 67.7 Å². The van der Waals surface area contributed by atoms with E-state index in [0.29, 0.717) is 0 Å². The first-order valence-electron chi connectivity index (χ1n) is 13.4. The van der Waals surface area contributed by atoms with Gasteiger partial charge in [-0.15, -0.1) is 0 Å². The molecule has 3 heteroatoms. The highest BCUT2D eigenvalue weighted by molar-refractivity contribution is 6.25. The summed E-state index contributed by atoms with van der Waals surface area (Å²) in [6, 6.07) is 44.7. The van der Waals surface area contributed by atoms with Gasteiger partial charge in [-0.2, -0.15) is 0 Å². The van der Waals surface area contributed by atoms with Gasteiger partial charge >= 0.3 is 0 Å². The van der Waals surface area contributed by atoms with Crippen LogP contribution >= 0.6 is 0 Å². The summed E-state index contributed by atoms with van der Waals surface area (Å²) < 4.78 is 0. The lowest BCUT2D eigenvalue weighted by Gasteiger charge is -2.15. The highest BCUT2D eigenvalue weighted by Gasteiger charge is 2.17. The van der Waals surface area contributed by atoms with E-state index in [1.165, 1.54) is 32.3 Å². The van der Waals surface area contributed by atoms with Gasteiger partial charge in [-0.1, -0.05) is 103 Å². The van der Waals surface area contributed by atoms with Crippen LogP contribution < -0.4 is 0 Å². The number of benzene rings is 6. The zero-order valence-electron chi connectivity index (χ0n) is 21.6. The van der Waals surface area contributed by atoms with E-state index in [0.717, 1.165) is 45.0 Å². The lowest BCUT2D eigenvalue weighted by Crippen LogP contribution is -1.98. The molecule has 0 aliphatic heterocycles. The average molecular weight is 510 g/mol. The molecule has 0 saturated heterocycles. The molecular weight excluding hydrogens is 486 g/mol. The lowest BCUT2D eigenvalue weighted by atomic mass is 9.91. The Morgan fingerprint density at radius 3 is 1.85 bits per heavy atom. The maximum atomic E-state index is 5.24. The Bertz CT molecular complexity index is 2140. The second-order valence-electron chi connectivity index (χ2n) is 10.1. The van der Waals surface area contributed by atoms with Crippen LogP contribution in [0.2, 0.25) is 0 Å². The monoisotopic (exact) mass is 509 g/mol. The van der Waals surface area contributed by atoms with Crippen LogP contribution in [0.3, 0.4) is 0 Å². The van der Waals surface area contributed by atoms with Crippen LogP contribution in [0, 0.1) is 0 Å². The first-order chi connectivity index (χ1) is 19.8. The van der Waals surface area contributed by atoms with Gasteiger partial charge in [0.1, 0.15) is 0 Å². The van der Waals surface area contributed by atoms with Crippen molar-refractivity contribution in [2.45, 2.75) is 0 Å². The van der Waals surface area contributed by atoms with E-state index in [-0.39, 0.29) is 0 Å². The van der Waals surface area contributed by atoms with Gasteiger partial charge < -0.3 is 0 Å². The van der Waals surface area contributed by atoms with Crippen molar-refractivity contribution in [3.63, 3.8) is 0 Å². The summed E-state index contributed by atoms with van der Waals surface area (Å²) in [5.74, 6) is 0.721. The molecule has 8 aromatic rings. The van der Waals surface area contributed by atoms with Crippen molar-refractivity contribution in [1.29, 1.82) is 0 Å². The third kappa shape index (κ3) is 3.63. The van der Waals surface area contributed by atoms with Crippen LogP contribution in [0.5, 0.6) is 0 Å². The normalized spacial score (nSPS) is 11.5. The molecule has 8 rings (SSSR count). The number of hydrogen-bond acceptors (Lipinski definition) is 3. The van der Waals surface area contributed by atoms with E-state index in [2.05, 4.69) is 114 Å². The van der Waals surface area contributed by atoms with Crippen molar-refractivity contribution in [1.82, 2.24) is 15.0 Å². The minimum Gasteiger partial charge on any atom is -0.265 e. The van der Waals surface area contributed by atoms with Crippen LogP contribution in [-0.4, -0.2) is 15.0 Å². The smallest absolute Gasteiger partial charge is 0.161 e. The van der Waals surface area contributed by atoms with Gasteiger partial charge in [0.2, 0.25) is 0 Å². The summed E-state index contributed by atoms with van der Waals surface area (Å²) in [6.45, 7) is 0. The maximum Gasteiger partial charge on any atom is 0.161 e. The molecule has 0 N–H and O–H groups in total. The molecule has 0 radical (unpaired) electrons. The van der Waals surface area contributed by atoms with Gasteiger partial charge in [-0.3, -0.25) is 4.98 Å². The fraction of sp³-hybridized carbons (Fsp3) is 0. The Morgan fingerprint density at radius 1 is 0.400 bits per heavy atom. The first kappa shape index (κ1) is 22.6. The molecule has 0 unspecified atom stereocenters. The van der Waals surface area contributed by atoms with E-state index in [4.69, 9.17) is 9.97 Å². The zero-order valence-corrected chi connectivity index (χ0v) is 21.6. The minimum absolute atomic E-state index is 0.721. The Hall–Kier alpha value is -5.41. The predicted molar refractivity (Wildman–Crippen MR) is 165 cm³/mol. The van der Waals surface area contributed by atoms with E-state index < -0.39 is 0 Å². The van der Waals surface area contributed by atoms with Gasteiger partial charge in [0.25, 0.3) is 0 Å². The predicted octanol–water partition coefficient (Wildman–Crippen LogP) is 9.44. The van der Waals surface area contributed by atoms with Gasteiger partial charge in [-0.25, -0.2) is 9.97 Å². The molecule has 186 valence electrons.